The zero-order valence-corrected chi connectivity index (χ0v) is 12.4. The third-order valence-electron chi connectivity index (χ3n) is 4.12. The molecule has 1 saturated heterocycles. The predicted molar refractivity (Wildman–Crippen MR) is 78.8 cm³/mol. The van der Waals surface area contributed by atoms with Crippen molar-refractivity contribution in [2.75, 3.05) is 33.2 Å². The summed E-state index contributed by atoms with van der Waals surface area (Å²) in [6.07, 6.45) is 0. The number of hydrogen-bond donors (Lipinski definition) is 0. The van der Waals surface area contributed by atoms with Crippen LogP contribution in [-0.2, 0) is 0 Å². The van der Waals surface area contributed by atoms with E-state index >= 15 is 0 Å². The first kappa shape index (κ1) is 14.2. The van der Waals surface area contributed by atoms with Gasteiger partial charge in [-0.2, -0.15) is 0 Å². The molecule has 0 aromatic heterocycles. The van der Waals surface area contributed by atoms with Crippen molar-refractivity contribution in [2.45, 2.75) is 26.8 Å². The van der Waals surface area contributed by atoms with Crippen molar-refractivity contribution in [2.24, 2.45) is 0 Å². The van der Waals surface area contributed by atoms with Crippen molar-refractivity contribution >= 4 is 5.78 Å². The Morgan fingerprint density at radius 1 is 1.16 bits per heavy atom. The average Bonchev–Trinajstić information content (AvgIpc) is 2.41. The normalized spacial score (nSPS) is 19.4. The lowest BCUT2D eigenvalue weighted by Crippen LogP contribution is -2.50. The van der Waals surface area contributed by atoms with Gasteiger partial charge in [0.1, 0.15) is 0 Å². The zero-order valence-electron chi connectivity index (χ0n) is 12.4. The van der Waals surface area contributed by atoms with Crippen molar-refractivity contribution in [1.29, 1.82) is 0 Å². The van der Waals surface area contributed by atoms with Crippen molar-refractivity contribution in [1.82, 2.24) is 9.80 Å². The number of likely N-dealkylation sites (N-methyl/N-ethyl adjacent to an activating group) is 1. The van der Waals surface area contributed by atoms with E-state index in [4.69, 9.17) is 0 Å². The van der Waals surface area contributed by atoms with Gasteiger partial charge in [-0.3, -0.25) is 9.69 Å². The highest BCUT2D eigenvalue weighted by atomic mass is 16.1. The Morgan fingerprint density at radius 2 is 1.79 bits per heavy atom. The lowest BCUT2D eigenvalue weighted by molar-refractivity contribution is 0.0737. The Balaban J connectivity index is 2.12. The van der Waals surface area contributed by atoms with Crippen molar-refractivity contribution in [3.8, 4) is 0 Å². The fourth-order valence-corrected chi connectivity index (χ4v) is 2.60. The maximum absolute atomic E-state index is 12.6. The molecule has 1 fully saturated rings. The summed E-state index contributed by atoms with van der Waals surface area (Å²) in [6, 6.07) is 6.10. The molecule has 0 radical (unpaired) electrons. The number of Topliss-reactive ketones (excluding diaryl/α,β-unsaturated/α-hetero) is 1. The molecule has 2 rings (SSSR count). The molecule has 3 heteroatoms. The summed E-state index contributed by atoms with van der Waals surface area (Å²) >= 11 is 0. The molecule has 0 saturated carbocycles. The molecule has 1 aliphatic rings. The number of carbonyl (C=O) groups is 1. The first-order chi connectivity index (χ1) is 8.99. The summed E-state index contributed by atoms with van der Waals surface area (Å²) in [5, 5.41) is 0. The number of aryl methyl sites for hydroxylation is 2. The molecular formula is C16H24N2O. The van der Waals surface area contributed by atoms with Gasteiger partial charge in [-0.15, -0.1) is 0 Å². The molecule has 1 atom stereocenters. The highest BCUT2D eigenvalue weighted by Crippen LogP contribution is 2.16. The summed E-state index contributed by atoms with van der Waals surface area (Å²) < 4.78 is 0. The molecule has 0 N–H and O–H groups in total. The van der Waals surface area contributed by atoms with Crippen LogP contribution >= 0.6 is 0 Å². The fraction of sp³-hybridized carbons (Fsp3) is 0.562. The molecular weight excluding hydrogens is 236 g/mol. The Morgan fingerprint density at radius 3 is 2.42 bits per heavy atom. The van der Waals surface area contributed by atoms with Gasteiger partial charge in [0.2, 0.25) is 0 Å². The Kier molecular flexibility index (Phi) is 4.38. The number of hydrogen-bond acceptors (Lipinski definition) is 3. The topological polar surface area (TPSA) is 23.6 Å². The summed E-state index contributed by atoms with van der Waals surface area (Å²) in [5.74, 6) is 0.255. The minimum absolute atomic E-state index is 0.0193. The van der Waals surface area contributed by atoms with Crippen LogP contribution in [0, 0.1) is 13.8 Å². The van der Waals surface area contributed by atoms with Crippen LogP contribution in [0.25, 0.3) is 0 Å². The lowest BCUT2D eigenvalue weighted by atomic mass is 9.97. The van der Waals surface area contributed by atoms with Crippen LogP contribution in [0.4, 0.5) is 0 Å². The largest absolute Gasteiger partial charge is 0.304 e. The van der Waals surface area contributed by atoms with E-state index in [1.165, 1.54) is 0 Å². The van der Waals surface area contributed by atoms with Crippen LogP contribution in [0.1, 0.15) is 28.4 Å². The Bertz CT molecular complexity index is 462. The monoisotopic (exact) mass is 260 g/mol. The number of rotatable bonds is 3. The number of carbonyl (C=O) groups excluding carboxylic acids is 1. The number of ketones is 1. The van der Waals surface area contributed by atoms with E-state index in [-0.39, 0.29) is 11.8 Å². The van der Waals surface area contributed by atoms with Crippen LogP contribution in [0.15, 0.2) is 18.2 Å². The third-order valence-corrected chi connectivity index (χ3v) is 4.12. The quantitative estimate of drug-likeness (QED) is 0.778. The molecule has 1 aliphatic heterocycles. The van der Waals surface area contributed by atoms with Crippen LogP contribution in [0.2, 0.25) is 0 Å². The van der Waals surface area contributed by atoms with E-state index < -0.39 is 0 Å². The molecule has 0 spiro atoms. The van der Waals surface area contributed by atoms with E-state index in [0.717, 1.165) is 42.9 Å². The molecule has 1 aromatic rings. The maximum atomic E-state index is 12.6. The Labute approximate surface area is 116 Å². The minimum atomic E-state index is -0.0193. The van der Waals surface area contributed by atoms with Gasteiger partial charge < -0.3 is 4.90 Å². The summed E-state index contributed by atoms with van der Waals surface area (Å²) in [7, 11) is 2.13. The molecule has 0 amide bonds. The maximum Gasteiger partial charge on any atom is 0.179 e. The summed E-state index contributed by atoms with van der Waals surface area (Å²) in [6.45, 7) is 10.1. The number of benzene rings is 1. The molecule has 104 valence electrons. The second-order valence-electron chi connectivity index (χ2n) is 5.70. The van der Waals surface area contributed by atoms with E-state index in [0.29, 0.717) is 0 Å². The highest BCUT2D eigenvalue weighted by Gasteiger charge is 2.25. The number of nitrogens with zero attached hydrogens (tertiary/aromatic N) is 2. The standard InChI is InChI=1S/C16H24N2O/c1-12-5-6-13(2)15(11-12)16(19)14(3)18-9-7-17(4)8-10-18/h5-6,11,14H,7-10H2,1-4H3. The van der Waals surface area contributed by atoms with E-state index in [9.17, 15) is 4.79 Å². The van der Waals surface area contributed by atoms with Gasteiger partial charge in [0, 0.05) is 31.7 Å². The zero-order chi connectivity index (χ0) is 14.0. The average molecular weight is 260 g/mol. The van der Waals surface area contributed by atoms with Gasteiger partial charge in [0.15, 0.2) is 5.78 Å². The second kappa shape index (κ2) is 5.85. The summed E-state index contributed by atoms with van der Waals surface area (Å²) in [4.78, 5) is 17.3. The van der Waals surface area contributed by atoms with Crippen LogP contribution in [0.3, 0.4) is 0 Å². The highest BCUT2D eigenvalue weighted by molar-refractivity contribution is 6.01. The summed E-state index contributed by atoms with van der Waals surface area (Å²) in [5.41, 5.74) is 3.11. The first-order valence-electron chi connectivity index (χ1n) is 7.03. The van der Waals surface area contributed by atoms with Crippen LogP contribution in [-0.4, -0.2) is 54.9 Å². The van der Waals surface area contributed by atoms with Crippen molar-refractivity contribution in [3.63, 3.8) is 0 Å². The number of piperazine rings is 1. The van der Waals surface area contributed by atoms with Crippen molar-refractivity contribution < 1.29 is 4.79 Å². The molecule has 19 heavy (non-hydrogen) atoms. The third kappa shape index (κ3) is 3.23. The first-order valence-corrected chi connectivity index (χ1v) is 7.03. The second-order valence-corrected chi connectivity index (χ2v) is 5.70. The van der Waals surface area contributed by atoms with Gasteiger partial charge in [0.05, 0.1) is 6.04 Å². The predicted octanol–water partition coefficient (Wildman–Crippen LogP) is 2.12. The van der Waals surface area contributed by atoms with E-state index in [1.807, 2.05) is 32.9 Å². The lowest BCUT2D eigenvalue weighted by Gasteiger charge is -2.35. The van der Waals surface area contributed by atoms with Gasteiger partial charge in [-0.25, -0.2) is 0 Å². The molecule has 0 bridgehead atoms. The van der Waals surface area contributed by atoms with E-state index in [2.05, 4.69) is 22.9 Å². The molecule has 1 aromatic carbocycles. The Hall–Kier alpha value is -1.19. The molecule has 1 unspecified atom stereocenters. The van der Waals surface area contributed by atoms with Gasteiger partial charge in [-0.1, -0.05) is 17.7 Å². The fourth-order valence-electron chi connectivity index (χ4n) is 2.60. The van der Waals surface area contributed by atoms with Gasteiger partial charge in [-0.05, 0) is 39.4 Å². The molecule has 1 heterocycles. The minimum Gasteiger partial charge on any atom is -0.304 e. The van der Waals surface area contributed by atoms with E-state index in [1.54, 1.807) is 0 Å². The van der Waals surface area contributed by atoms with Gasteiger partial charge >= 0.3 is 0 Å². The molecule has 0 aliphatic carbocycles. The van der Waals surface area contributed by atoms with Gasteiger partial charge in [0.25, 0.3) is 0 Å². The van der Waals surface area contributed by atoms with Crippen molar-refractivity contribution in [3.05, 3.63) is 34.9 Å². The smallest absolute Gasteiger partial charge is 0.179 e. The molecule has 3 nitrogen and oxygen atoms in total. The SMILES string of the molecule is Cc1ccc(C)c(C(=O)C(C)N2CCN(C)CC2)c1. The van der Waals surface area contributed by atoms with Crippen LogP contribution in [0.5, 0.6) is 0 Å². The van der Waals surface area contributed by atoms with Crippen LogP contribution < -0.4 is 0 Å².